The number of hydrogen-bond acceptors (Lipinski definition) is 4. The maximum absolute atomic E-state index is 15.3. The van der Waals surface area contributed by atoms with Crippen molar-refractivity contribution in [3.63, 3.8) is 0 Å². The SMILES string of the molecule is CCCCCCCOC1COC(c2ccc3c(F)c(CCc4ccc(OCC(F)(F)F)c(F)c4)ccc3c2)OC1. The molecule has 0 aliphatic carbocycles. The van der Waals surface area contributed by atoms with Gasteiger partial charge in [0.05, 0.1) is 13.2 Å². The van der Waals surface area contributed by atoms with Gasteiger partial charge in [0.2, 0.25) is 0 Å². The van der Waals surface area contributed by atoms with Crippen LogP contribution in [0.5, 0.6) is 5.75 Å². The molecule has 1 aliphatic heterocycles. The third kappa shape index (κ3) is 8.62. The fraction of sp³-hybridized carbons (Fsp3) is 0.484. The highest BCUT2D eigenvalue weighted by molar-refractivity contribution is 5.84. The van der Waals surface area contributed by atoms with Crippen molar-refractivity contribution in [2.24, 2.45) is 0 Å². The van der Waals surface area contributed by atoms with Crippen molar-refractivity contribution < 1.29 is 40.9 Å². The van der Waals surface area contributed by atoms with Gasteiger partial charge in [-0.1, -0.05) is 62.9 Å². The first kappa shape index (κ1) is 30.2. The van der Waals surface area contributed by atoms with Gasteiger partial charge in [0.1, 0.15) is 11.9 Å². The van der Waals surface area contributed by atoms with Crippen molar-refractivity contribution in [1.82, 2.24) is 0 Å². The van der Waals surface area contributed by atoms with Gasteiger partial charge in [0, 0.05) is 17.6 Å². The molecular formula is C31H35F5O4. The minimum atomic E-state index is -4.55. The second-order valence-electron chi connectivity index (χ2n) is 10.1. The van der Waals surface area contributed by atoms with Gasteiger partial charge in [-0.15, -0.1) is 0 Å². The summed E-state index contributed by atoms with van der Waals surface area (Å²) in [7, 11) is 0. The van der Waals surface area contributed by atoms with Crippen molar-refractivity contribution in [3.05, 3.63) is 76.9 Å². The highest BCUT2D eigenvalue weighted by Crippen LogP contribution is 2.30. The van der Waals surface area contributed by atoms with Crippen LogP contribution in [0.2, 0.25) is 0 Å². The number of benzene rings is 3. The Morgan fingerprint density at radius 2 is 1.65 bits per heavy atom. The van der Waals surface area contributed by atoms with E-state index in [0.29, 0.717) is 54.6 Å². The van der Waals surface area contributed by atoms with Crippen molar-refractivity contribution in [3.8, 4) is 5.75 Å². The molecule has 0 radical (unpaired) electrons. The van der Waals surface area contributed by atoms with E-state index in [1.807, 2.05) is 12.1 Å². The fourth-order valence-electron chi connectivity index (χ4n) is 4.68. The second kappa shape index (κ2) is 14.2. The van der Waals surface area contributed by atoms with Gasteiger partial charge in [-0.05, 0) is 54.0 Å². The standard InChI is InChI=1S/C31H35F5O4/c1-2-3-4-5-6-15-37-25-18-38-30(39-19-25)24-12-13-26-23(17-24)11-10-22(29(26)33)9-7-21-8-14-28(27(32)16-21)40-20-31(34,35)36/h8,10-14,16-17,25,30H,2-7,9,15,18-20H2,1H3. The molecule has 0 saturated carbocycles. The Bertz CT molecular complexity index is 1240. The van der Waals surface area contributed by atoms with Crippen LogP contribution in [-0.4, -0.2) is 38.7 Å². The molecule has 1 aliphatic rings. The van der Waals surface area contributed by atoms with Crippen LogP contribution in [0.4, 0.5) is 22.0 Å². The predicted octanol–water partition coefficient (Wildman–Crippen LogP) is 8.25. The monoisotopic (exact) mass is 566 g/mol. The van der Waals surface area contributed by atoms with Crippen LogP contribution in [0, 0.1) is 11.6 Å². The lowest BCUT2D eigenvalue weighted by Crippen LogP contribution is -2.33. The smallest absolute Gasteiger partial charge is 0.422 e. The van der Waals surface area contributed by atoms with E-state index in [1.165, 1.54) is 25.3 Å². The first-order valence-electron chi connectivity index (χ1n) is 13.8. The van der Waals surface area contributed by atoms with E-state index >= 15 is 4.39 Å². The molecule has 0 spiro atoms. The zero-order chi connectivity index (χ0) is 28.5. The number of alkyl halides is 3. The molecular weight excluding hydrogens is 531 g/mol. The van der Waals surface area contributed by atoms with Gasteiger partial charge in [-0.3, -0.25) is 0 Å². The van der Waals surface area contributed by atoms with Gasteiger partial charge in [0.15, 0.2) is 24.5 Å². The summed E-state index contributed by atoms with van der Waals surface area (Å²) in [6, 6.07) is 12.6. The normalized spacial score (nSPS) is 17.9. The zero-order valence-corrected chi connectivity index (χ0v) is 22.6. The Kier molecular flexibility index (Phi) is 10.8. The second-order valence-corrected chi connectivity index (χ2v) is 10.1. The van der Waals surface area contributed by atoms with E-state index < -0.39 is 30.6 Å². The molecule has 0 N–H and O–H groups in total. The first-order valence-corrected chi connectivity index (χ1v) is 13.8. The Morgan fingerprint density at radius 1 is 0.875 bits per heavy atom. The molecule has 0 aromatic heterocycles. The summed E-state index contributed by atoms with van der Waals surface area (Å²) in [5.41, 5.74) is 1.77. The highest BCUT2D eigenvalue weighted by atomic mass is 19.4. The Morgan fingerprint density at radius 3 is 2.38 bits per heavy atom. The van der Waals surface area contributed by atoms with E-state index in [-0.39, 0.29) is 11.9 Å². The van der Waals surface area contributed by atoms with E-state index in [2.05, 4.69) is 11.7 Å². The number of rotatable bonds is 13. The molecule has 0 bridgehead atoms. The van der Waals surface area contributed by atoms with E-state index in [9.17, 15) is 17.6 Å². The van der Waals surface area contributed by atoms with Gasteiger partial charge >= 0.3 is 6.18 Å². The van der Waals surface area contributed by atoms with Crippen LogP contribution in [0.25, 0.3) is 10.8 Å². The molecule has 1 saturated heterocycles. The molecule has 0 atom stereocenters. The quantitative estimate of drug-likeness (QED) is 0.154. The number of unbranched alkanes of at least 4 members (excludes halogenated alkanes) is 4. The molecule has 40 heavy (non-hydrogen) atoms. The minimum Gasteiger partial charge on any atom is -0.481 e. The van der Waals surface area contributed by atoms with Crippen LogP contribution in [0.3, 0.4) is 0 Å². The Labute approximate surface area is 231 Å². The molecule has 0 amide bonds. The molecule has 218 valence electrons. The maximum Gasteiger partial charge on any atom is 0.422 e. The van der Waals surface area contributed by atoms with E-state index in [1.54, 1.807) is 18.2 Å². The fourth-order valence-corrected chi connectivity index (χ4v) is 4.68. The van der Waals surface area contributed by atoms with Crippen LogP contribution in [-0.2, 0) is 27.1 Å². The maximum atomic E-state index is 15.3. The number of ether oxygens (including phenoxy) is 4. The minimum absolute atomic E-state index is 0.0972. The van der Waals surface area contributed by atoms with Gasteiger partial charge in [0.25, 0.3) is 0 Å². The van der Waals surface area contributed by atoms with Gasteiger partial charge in [-0.25, -0.2) is 8.78 Å². The van der Waals surface area contributed by atoms with Gasteiger partial charge < -0.3 is 18.9 Å². The lowest BCUT2D eigenvalue weighted by Gasteiger charge is -2.29. The Balaban J connectivity index is 1.30. The van der Waals surface area contributed by atoms with E-state index in [0.717, 1.165) is 30.5 Å². The number of aryl methyl sites for hydroxylation is 2. The molecule has 3 aromatic rings. The van der Waals surface area contributed by atoms with Crippen LogP contribution >= 0.6 is 0 Å². The van der Waals surface area contributed by atoms with Gasteiger partial charge in [-0.2, -0.15) is 13.2 Å². The molecule has 4 nitrogen and oxygen atoms in total. The topological polar surface area (TPSA) is 36.9 Å². The lowest BCUT2D eigenvalue weighted by molar-refractivity contribution is -0.230. The largest absolute Gasteiger partial charge is 0.481 e. The average Bonchev–Trinajstić information content (AvgIpc) is 2.94. The summed E-state index contributed by atoms with van der Waals surface area (Å²) in [5.74, 6) is -1.73. The summed E-state index contributed by atoms with van der Waals surface area (Å²) in [5, 5.41) is 1.15. The van der Waals surface area contributed by atoms with Crippen molar-refractivity contribution in [1.29, 1.82) is 0 Å². The summed E-state index contributed by atoms with van der Waals surface area (Å²) in [6.45, 7) is 2.18. The highest BCUT2D eigenvalue weighted by Gasteiger charge is 2.29. The van der Waals surface area contributed by atoms with Crippen LogP contribution < -0.4 is 4.74 Å². The predicted molar refractivity (Wildman–Crippen MR) is 142 cm³/mol. The molecule has 0 unspecified atom stereocenters. The van der Waals surface area contributed by atoms with Crippen LogP contribution in [0.15, 0.2) is 48.5 Å². The molecule has 1 heterocycles. The average molecular weight is 567 g/mol. The van der Waals surface area contributed by atoms with Crippen molar-refractivity contribution >= 4 is 10.8 Å². The summed E-state index contributed by atoms with van der Waals surface area (Å²) in [4.78, 5) is 0. The number of fused-ring (bicyclic) bond motifs is 1. The van der Waals surface area contributed by atoms with Crippen LogP contribution in [0.1, 0.15) is 62.0 Å². The molecule has 3 aromatic carbocycles. The molecule has 4 rings (SSSR count). The summed E-state index contributed by atoms with van der Waals surface area (Å²) < 4.78 is 88.5. The molecule has 9 heteroatoms. The summed E-state index contributed by atoms with van der Waals surface area (Å²) in [6.07, 6.45) is 1.28. The third-order valence-corrected chi connectivity index (χ3v) is 6.87. The number of hydrogen-bond donors (Lipinski definition) is 0. The number of halogens is 5. The summed E-state index contributed by atoms with van der Waals surface area (Å²) >= 11 is 0. The first-order chi connectivity index (χ1) is 19.2. The van der Waals surface area contributed by atoms with Crippen molar-refractivity contribution in [2.45, 2.75) is 70.4 Å². The third-order valence-electron chi connectivity index (χ3n) is 6.87. The molecule has 1 fully saturated rings. The Hall–Kier alpha value is -2.75. The lowest BCUT2D eigenvalue weighted by atomic mass is 9.99. The van der Waals surface area contributed by atoms with E-state index in [4.69, 9.17) is 14.2 Å². The zero-order valence-electron chi connectivity index (χ0n) is 22.6. The van der Waals surface area contributed by atoms with Crippen molar-refractivity contribution in [2.75, 3.05) is 26.4 Å².